The van der Waals surface area contributed by atoms with Gasteiger partial charge in [-0.1, -0.05) is 19.1 Å². The summed E-state index contributed by atoms with van der Waals surface area (Å²) in [6.45, 7) is 4.16. The molecule has 3 aromatic rings. The number of aromatic nitrogens is 2. The van der Waals surface area contributed by atoms with E-state index < -0.39 is 0 Å². The van der Waals surface area contributed by atoms with Gasteiger partial charge in [0.1, 0.15) is 34.7 Å². The van der Waals surface area contributed by atoms with Crippen LogP contribution in [0.15, 0.2) is 41.2 Å². The standard InChI is InChI=1S/C25H25FN6O/c1-16-14-32(11-10-21(16)30(2)15-17-4-6-18(26)7-5-17)24-20(13-28)25(33)31(3)22-9-8-19(12-27)29-23(22)24/h4-9,16,21H,10-11,14-15H2,1-3H3. The molecule has 0 amide bonds. The minimum absolute atomic E-state index is 0.0536. The molecule has 3 heterocycles. The number of rotatable bonds is 4. The van der Waals surface area contributed by atoms with Crippen molar-refractivity contribution in [3.63, 3.8) is 0 Å². The fourth-order valence-electron chi connectivity index (χ4n) is 4.85. The van der Waals surface area contributed by atoms with Gasteiger partial charge < -0.3 is 9.47 Å². The van der Waals surface area contributed by atoms with Gasteiger partial charge in [0.25, 0.3) is 5.56 Å². The Hall–Kier alpha value is -3.75. The van der Waals surface area contributed by atoms with Crippen LogP contribution in [0.1, 0.15) is 30.2 Å². The molecular formula is C25H25FN6O. The molecule has 1 saturated heterocycles. The quantitative estimate of drug-likeness (QED) is 0.614. The highest BCUT2D eigenvalue weighted by atomic mass is 19.1. The molecule has 2 unspecified atom stereocenters. The molecule has 2 atom stereocenters. The number of hydrogen-bond acceptors (Lipinski definition) is 6. The number of hydrogen-bond donors (Lipinski definition) is 0. The van der Waals surface area contributed by atoms with E-state index in [4.69, 9.17) is 0 Å². The predicted molar refractivity (Wildman–Crippen MR) is 124 cm³/mol. The Bertz CT molecular complexity index is 1330. The van der Waals surface area contributed by atoms with Crippen molar-refractivity contribution in [3.05, 3.63) is 69.4 Å². The SMILES string of the molecule is CC1CN(c2c(C#N)c(=O)n(C)c3ccc(C#N)nc23)CCC1N(C)Cc1ccc(F)cc1. The van der Waals surface area contributed by atoms with Crippen LogP contribution in [0, 0.1) is 34.4 Å². The number of fused-ring (bicyclic) bond motifs is 1. The average Bonchev–Trinajstić information content (AvgIpc) is 2.82. The largest absolute Gasteiger partial charge is 0.368 e. The number of nitriles is 2. The van der Waals surface area contributed by atoms with Crippen LogP contribution in [0.5, 0.6) is 0 Å². The number of halogens is 1. The van der Waals surface area contributed by atoms with E-state index in [1.165, 1.54) is 16.7 Å². The number of pyridine rings is 2. The maximum Gasteiger partial charge on any atom is 0.270 e. The fourth-order valence-corrected chi connectivity index (χ4v) is 4.85. The summed E-state index contributed by atoms with van der Waals surface area (Å²) in [6.07, 6.45) is 0.832. The summed E-state index contributed by atoms with van der Waals surface area (Å²) < 4.78 is 14.6. The maximum absolute atomic E-state index is 13.2. The number of benzene rings is 1. The number of anilines is 1. The molecule has 0 N–H and O–H groups in total. The van der Waals surface area contributed by atoms with Crippen LogP contribution >= 0.6 is 0 Å². The molecule has 4 rings (SSSR count). The molecule has 1 aliphatic rings. The van der Waals surface area contributed by atoms with Crippen LogP contribution in [0.3, 0.4) is 0 Å². The summed E-state index contributed by atoms with van der Waals surface area (Å²) in [5.74, 6) is -0.000213. The van der Waals surface area contributed by atoms with E-state index in [0.717, 1.165) is 12.0 Å². The second kappa shape index (κ2) is 9.01. The lowest BCUT2D eigenvalue weighted by atomic mass is 9.91. The maximum atomic E-state index is 13.2. The van der Waals surface area contributed by atoms with E-state index in [0.29, 0.717) is 36.4 Å². The summed E-state index contributed by atoms with van der Waals surface area (Å²) in [4.78, 5) is 21.7. The Morgan fingerprint density at radius 1 is 1.18 bits per heavy atom. The molecule has 0 bridgehead atoms. The molecular weight excluding hydrogens is 419 g/mol. The average molecular weight is 445 g/mol. The van der Waals surface area contributed by atoms with Gasteiger partial charge in [-0.2, -0.15) is 10.5 Å². The molecule has 0 spiro atoms. The Kier molecular flexibility index (Phi) is 6.13. The first-order valence-corrected chi connectivity index (χ1v) is 10.9. The highest BCUT2D eigenvalue weighted by Crippen LogP contribution is 2.32. The van der Waals surface area contributed by atoms with E-state index >= 15 is 0 Å². The van der Waals surface area contributed by atoms with Gasteiger partial charge in [-0.15, -0.1) is 0 Å². The Morgan fingerprint density at radius 3 is 2.55 bits per heavy atom. The van der Waals surface area contributed by atoms with E-state index in [9.17, 15) is 19.7 Å². The second-order valence-corrected chi connectivity index (χ2v) is 8.70. The van der Waals surface area contributed by atoms with Crippen molar-refractivity contribution in [1.82, 2.24) is 14.5 Å². The number of aryl methyl sites for hydroxylation is 1. The van der Waals surface area contributed by atoms with E-state index in [2.05, 4.69) is 34.8 Å². The molecule has 0 radical (unpaired) electrons. The van der Waals surface area contributed by atoms with Crippen molar-refractivity contribution >= 4 is 16.7 Å². The van der Waals surface area contributed by atoms with Gasteiger partial charge in [-0.05, 0) is 49.2 Å². The molecule has 2 aromatic heterocycles. The topological polar surface area (TPSA) is 88.9 Å². The lowest BCUT2D eigenvalue weighted by Crippen LogP contribution is -2.49. The third kappa shape index (κ3) is 4.18. The van der Waals surface area contributed by atoms with Crippen LogP contribution in [0.4, 0.5) is 10.1 Å². The van der Waals surface area contributed by atoms with Gasteiger partial charge in [0.05, 0.1) is 11.2 Å². The van der Waals surface area contributed by atoms with Crippen molar-refractivity contribution in [2.24, 2.45) is 13.0 Å². The first-order chi connectivity index (χ1) is 15.8. The van der Waals surface area contributed by atoms with Crippen LogP contribution in [-0.2, 0) is 13.6 Å². The highest BCUT2D eigenvalue weighted by molar-refractivity contribution is 5.92. The first-order valence-electron chi connectivity index (χ1n) is 10.9. The minimum Gasteiger partial charge on any atom is -0.368 e. The number of piperidine rings is 1. The zero-order valence-electron chi connectivity index (χ0n) is 18.9. The van der Waals surface area contributed by atoms with Gasteiger partial charge >= 0.3 is 0 Å². The molecule has 0 aliphatic carbocycles. The molecule has 1 fully saturated rings. The smallest absolute Gasteiger partial charge is 0.270 e. The lowest BCUT2D eigenvalue weighted by molar-refractivity contribution is 0.152. The molecule has 1 aliphatic heterocycles. The van der Waals surface area contributed by atoms with Crippen LogP contribution in [0.2, 0.25) is 0 Å². The lowest BCUT2D eigenvalue weighted by Gasteiger charge is -2.42. The van der Waals surface area contributed by atoms with E-state index in [-0.39, 0.29) is 34.6 Å². The van der Waals surface area contributed by atoms with Crippen LogP contribution < -0.4 is 10.5 Å². The van der Waals surface area contributed by atoms with Gasteiger partial charge in [0.2, 0.25) is 0 Å². The summed E-state index contributed by atoms with van der Waals surface area (Å²) >= 11 is 0. The molecule has 8 heteroatoms. The third-order valence-electron chi connectivity index (χ3n) is 6.53. The normalized spacial score (nSPS) is 18.3. The summed E-state index contributed by atoms with van der Waals surface area (Å²) in [5, 5.41) is 19.1. The van der Waals surface area contributed by atoms with E-state index in [1.54, 1.807) is 31.3 Å². The van der Waals surface area contributed by atoms with Crippen molar-refractivity contribution in [3.8, 4) is 12.1 Å². The molecule has 168 valence electrons. The van der Waals surface area contributed by atoms with Gasteiger partial charge in [0.15, 0.2) is 0 Å². The van der Waals surface area contributed by atoms with Crippen molar-refractivity contribution in [2.45, 2.75) is 25.9 Å². The second-order valence-electron chi connectivity index (χ2n) is 8.70. The Balaban J connectivity index is 1.65. The monoisotopic (exact) mass is 444 g/mol. The molecule has 7 nitrogen and oxygen atoms in total. The predicted octanol–water partition coefficient (Wildman–Crippen LogP) is 3.16. The fraction of sp³-hybridized carbons (Fsp3) is 0.360. The van der Waals surface area contributed by atoms with Crippen molar-refractivity contribution < 1.29 is 4.39 Å². The Morgan fingerprint density at radius 2 is 1.91 bits per heavy atom. The van der Waals surface area contributed by atoms with Crippen molar-refractivity contribution in [2.75, 3.05) is 25.0 Å². The first kappa shape index (κ1) is 22.4. The zero-order chi connectivity index (χ0) is 23.7. The van der Waals surface area contributed by atoms with Gasteiger partial charge in [-0.25, -0.2) is 9.37 Å². The van der Waals surface area contributed by atoms with Crippen LogP contribution in [0.25, 0.3) is 11.0 Å². The zero-order valence-corrected chi connectivity index (χ0v) is 18.9. The third-order valence-corrected chi connectivity index (χ3v) is 6.53. The molecule has 33 heavy (non-hydrogen) atoms. The van der Waals surface area contributed by atoms with E-state index in [1.807, 2.05) is 6.07 Å². The summed E-state index contributed by atoms with van der Waals surface area (Å²) in [5.41, 5.74) is 2.58. The number of nitrogens with zero attached hydrogens (tertiary/aromatic N) is 6. The van der Waals surface area contributed by atoms with Gasteiger partial charge in [0, 0.05) is 32.7 Å². The summed E-state index contributed by atoms with van der Waals surface area (Å²) in [6, 6.07) is 14.3. The Labute approximate surface area is 191 Å². The van der Waals surface area contributed by atoms with Gasteiger partial charge in [-0.3, -0.25) is 9.69 Å². The highest BCUT2D eigenvalue weighted by Gasteiger charge is 2.32. The minimum atomic E-state index is -0.366. The molecule has 1 aromatic carbocycles. The summed E-state index contributed by atoms with van der Waals surface area (Å²) in [7, 11) is 3.68. The van der Waals surface area contributed by atoms with Crippen molar-refractivity contribution in [1.29, 1.82) is 10.5 Å². The molecule has 0 saturated carbocycles. The van der Waals surface area contributed by atoms with Crippen LogP contribution in [-0.4, -0.2) is 40.6 Å².